The highest BCUT2D eigenvalue weighted by atomic mass is 35.5. The summed E-state index contributed by atoms with van der Waals surface area (Å²) in [7, 11) is 1.66. The first-order valence-corrected chi connectivity index (χ1v) is 15.6. The van der Waals surface area contributed by atoms with Crippen LogP contribution in [0.1, 0.15) is 21.1 Å². The smallest absolute Gasteiger partial charge is 0.273 e. The number of hydrogen-bond donors (Lipinski definition) is 0. The number of methoxy groups -OCH3 is 1. The quantitative estimate of drug-likeness (QED) is 0.196. The first kappa shape index (κ1) is 28.2. The van der Waals surface area contributed by atoms with Gasteiger partial charge in [0, 0.05) is 60.2 Å². The van der Waals surface area contributed by atoms with Gasteiger partial charge >= 0.3 is 0 Å². The summed E-state index contributed by atoms with van der Waals surface area (Å²) in [5.74, 6) is 2.06. The van der Waals surface area contributed by atoms with Crippen molar-refractivity contribution in [2.24, 2.45) is 0 Å². The van der Waals surface area contributed by atoms with Crippen molar-refractivity contribution in [1.29, 1.82) is 0 Å². The van der Waals surface area contributed by atoms with E-state index < -0.39 is 0 Å². The van der Waals surface area contributed by atoms with Crippen LogP contribution in [0.3, 0.4) is 0 Å². The Labute approximate surface area is 257 Å². The Balaban J connectivity index is 1.14. The van der Waals surface area contributed by atoms with Crippen LogP contribution >= 0.6 is 34.7 Å². The monoisotopic (exact) mass is 617 g/mol. The molecule has 1 fully saturated rings. The van der Waals surface area contributed by atoms with Crippen LogP contribution in [-0.2, 0) is 5.75 Å². The van der Waals surface area contributed by atoms with Crippen LogP contribution in [-0.4, -0.2) is 68.8 Å². The van der Waals surface area contributed by atoms with Gasteiger partial charge in [0.1, 0.15) is 16.5 Å². The molecule has 9 nitrogen and oxygen atoms in total. The fourth-order valence-electron chi connectivity index (χ4n) is 4.82. The highest BCUT2D eigenvalue weighted by Crippen LogP contribution is 2.32. The van der Waals surface area contributed by atoms with Gasteiger partial charge in [-0.25, -0.2) is 4.98 Å². The molecular formula is C30H28ClN7O2S2. The zero-order valence-corrected chi connectivity index (χ0v) is 25.5. The molecule has 214 valence electrons. The molecule has 42 heavy (non-hydrogen) atoms. The van der Waals surface area contributed by atoms with E-state index in [0.717, 1.165) is 46.3 Å². The number of pyridine rings is 1. The standard InChI is InChI=1S/C30H28ClN7O2S2/c1-20-3-4-22(31)17-26(20)38-28(21-9-11-32-12-10-21)34-35-30(38)42-19-27-33-25(18-41-27)29(39)37-15-13-36(14-16-37)23-5-7-24(40-2)8-6-23/h3-12,17-18H,13-16,19H2,1-2H3. The number of aryl methyl sites for hydroxylation is 1. The van der Waals surface area contributed by atoms with Crippen molar-refractivity contribution >= 4 is 46.3 Å². The number of piperazine rings is 1. The number of benzene rings is 2. The van der Waals surface area contributed by atoms with Gasteiger partial charge in [-0.2, -0.15) is 0 Å². The molecule has 0 N–H and O–H groups in total. The maximum absolute atomic E-state index is 13.3. The van der Waals surface area contributed by atoms with E-state index in [1.165, 1.54) is 23.1 Å². The number of nitrogens with zero attached hydrogens (tertiary/aromatic N) is 7. The number of thioether (sulfide) groups is 1. The van der Waals surface area contributed by atoms with E-state index in [9.17, 15) is 4.79 Å². The number of carbonyl (C=O) groups is 1. The van der Waals surface area contributed by atoms with Gasteiger partial charge in [-0.05, 0) is 61.0 Å². The summed E-state index contributed by atoms with van der Waals surface area (Å²) in [6.07, 6.45) is 3.47. The molecular weight excluding hydrogens is 590 g/mol. The minimum atomic E-state index is -0.0328. The average Bonchev–Trinajstić information content (AvgIpc) is 3.69. The zero-order valence-electron chi connectivity index (χ0n) is 23.1. The van der Waals surface area contributed by atoms with Crippen LogP contribution in [0, 0.1) is 6.92 Å². The second-order valence-corrected chi connectivity index (χ2v) is 12.0. The van der Waals surface area contributed by atoms with Gasteiger partial charge < -0.3 is 14.5 Å². The number of amides is 1. The van der Waals surface area contributed by atoms with Crippen LogP contribution in [0.5, 0.6) is 5.75 Å². The maximum Gasteiger partial charge on any atom is 0.273 e. The Bertz CT molecular complexity index is 1680. The molecule has 0 bridgehead atoms. The maximum atomic E-state index is 13.3. The van der Waals surface area contributed by atoms with E-state index >= 15 is 0 Å². The van der Waals surface area contributed by atoms with Gasteiger partial charge in [-0.15, -0.1) is 21.5 Å². The van der Waals surface area contributed by atoms with Crippen molar-refractivity contribution in [2.45, 2.75) is 17.8 Å². The largest absolute Gasteiger partial charge is 0.497 e. The van der Waals surface area contributed by atoms with Crippen LogP contribution in [0.4, 0.5) is 5.69 Å². The SMILES string of the molecule is COc1ccc(N2CCN(C(=O)c3csc(CSc4nnc(-c5ccncc5)n4-c4cc(Cl)ccc4C)n3)CC2)cc1. The third-order valence-corrected chi connectivity index (χ3v) is 9.29. The van der Waals surface area contributed by atoms with E-state index in [1.54, 1.807) is 19.5 Å². The number of halogens is 1. The molecule has 0 atom stereocenters. The second kappa shape index (κ2) is 12.5. The number of hydrogen-bond acceptors (Lipinski definition) is 9. The molecule has 0 unspecified atom stereocenters. The van der Waals surface area contributed by atoms with Crippen molar-refractivity contribution in [3.8, 4) is 22.8 Å². The Morgan fingerprint density at radius 1 is 1.02 bits per heavy atom. The Morgan fingerprint density at radius 3 is 2.52 bits per heavy atom. The molecule has 0 saturated carbocycles. The van der Waals surface area contributed by atoms with Crippen molar-refractivity contribution in [3.63, 3.8) is 0 Å². The summed E-state index contributed by atoms with van der Waals surface area (Å²) in [5.41, 5.74) is 4.47. The van der Waals surface area contributed by atoms with E-state index in [2.05, 4.69) is 37.2 Å². The summed E-state index contributed by atoms with van der Waals surface area (Å²) in [5, 5.41) is 13.1. The number of thiazole rings is 1. The van der Waals surface area contributed by atoms with Crippen LogP contribution in [0.15, 0.2) is 77.5 Å². The summed E-state index contributed by atoms with van der Waals surface area (Å²) in [4.78, 5) is 26.3. The van der Waals surface area contributed by atoms with Crippen LogP contribution in [0.2, 0.25) is 5.02 Å². The lowest BCUT2D eigenvalue weighted by atomic mass is 10.2. The van der Waals surface area contributed by atoms with Gasteiger partial charge in [0.2, 0.25) is 0 Å². The van der Waals surface area contributed by atoms with E-state index in [-0.39, 0.29) is 5.91 Å². The lowest BCUT2D eigenvalue weighted by Gasteiger charge is -2.35. The molecule has 6 rings (SSSR count). The zero-order chi connectivity index (χ0) is 29.1. The molecule has 0 aliphatic carbocycles. The predicted molar refractivity (Wildman–Crippen MR) is 167 cm³/mol. The number of rotatable bonds is 8. The molecule has 1 saturated heterocycles. The number of aromatic nitrogens is 5. The molecule has 1 aliphatic heterocycles. The van der Waals surface area contributed by atoms with Gasteiger partial charge in [0.25, 0.3) is 5.91 Å². The molecule has 5 aromatic rings. The normalized spacial score (nSPS) is 13.4. The summed E-state index contributed by atoms with van der Waals surface area (Å²) in [6.45, 7) is 4.86. The van der Waals surface area contributed by atoms with Gasteiger partial charge in [-0.3, -0.25) is 14.3 Å². The topological polar surface area (TPSA) is 89.3 Å². The molecule has 0 radical (unpaired) electrons. The molecule has 1 aliphatic rings. The lowest BCUT2D eigenvalue weighted by Crippen LogP contribution is -2.48. The van der Waals surface area contributed by atoms with Gasteiger partial charge in [0.05, 0.1) is 18.6 Å². The molecule has 0 spiro atoms. The third kappa shape index (κ3) is 5.99. The van der Waals surface area contributed by atoms with Gasteiger partial charge in [0.15, 0.2) is 11.0 Å². The first-order chi connectivity index (χ1) is 20.5. The van der Waals surface area contributed by atoms with Crippen LogP contribution < -0.4 is 9.64 Å². The molecule has 1 amide bonds. The highest BCUT2D eigenvalue weighted by molar-refractivity contribution is 7.98. The molecule has 3 aromatic heterocycles. The summed E-state index contributed by atoms with van der Waals surface area (Å²) in [6, 6.07) is 17.6. The van der Waals surface area contributed by atoms with Crippen molar-refractivity contribution in [3.05, 3.63) is 93.7 Å². The number of ether oxygens (including phenoxy) is 1. The minimum Gasteiger partial charge on any atom is -0.497 e. The van der Waals surface area contributed by atoms with E-state index in [1.807, 2.05) is 64.2 Å². The Kier molecular flexibility index (Phi) is 8.41. The van der Waals surface area contributed by atoms with Gasteiger partial charge in [-0.1, -0.05) is 29.4 Å². The van der Waals surface area contributed by atoms with Crippen molar-refractivity contribution in [2.75, 3.05) is 38.2 Å². The Hall–Kier alpha value is -3.93. The van der Waals surface area contributed by atoms with Crippen molar-refractivity contribution in [1.82, 2.24) is 29.6 Å². The lowest BCUT2D eigenvalue weighted by molar-refractivity contribution is 0.0741. The molecule has 2 aromatic carbocycles. The predicted octanol–water partition coefficient (Wildman–Crippen LogP) is 6.01. The minimum absolute atomic E-state index is 0.0328. The Morgan fingerprint density at radius 2 is 1.79 bits per heavy atom. The fraction of sp³-hybridized carbons (Fsp3) is 0.233. The van der Waals surface area contributed by atoms with Crippen molar-refractivity contribution < 1.29 is 9.53 Å². The average molecular weight is 618 g/mol. The molecule has 12 heteroatoms. The molecule has 4 heterocycles. The number of carbonyl (C=O) groups excluding carboxylic acids is 1. The number of anilines is 1. The third-order valence-electron chi connectivity index (χ3n) is 7.08. The first-order valence-electron chi connectivity index (χ1n) is 13.4. The van der Waals surface area contributed by atoms with E-state index in [0.29, 0.717) is 40.5 Å². The van der Waals surface area contributed by atoms with E-state index in [4.69, 9.17) is 16.3 Å². The second-order valence-electron chi connectivity index (χ2n) is 9.70. The highest BCUT2D eigenvalue weighted by Gasteiger charge is 2.25. The summed E-state index contributed by atoms with van der Waals surface area (Å²) >= 11 is 9.39. The fourth-order valence-corrected chi connectivity index (χ4v) is 6.71. The summed E-state index contributed by atoms with van der Waals surface area (Å²) < 4.78 is 7.28. The van der Waals surface area contributed by atoms with Crippen LogP contribution in [0.25, 0.3) is 17.1 Å².